The van der Waals surface area contributed by atoms with E-state index in [0.717, 1.165) is 15.6 Å². The average Bonchev–Trinajstić information content (AvgIpc) is 2.30. The number of hydrogen-bond acceptors (Lipinski definition) is 1. The molecule has 1 nitrogen and oxygen atoms in total. The van der Waals surface area contributed by atoms with Crippen LogP contribution in [-0.2, 0) is 0 Å². The highest BCUT2D eigenvalue weighted by atomic mass is 79.9. The zero-order valence-electron chi connectivity index (χ0n) is 7.94. The molecule has 0 heterocycles. The Labute approximate surface area is 97.1 Å². The lowest BCUT2D eigenvalue weighted by atomic mass is 10.0. The molecule has 0 atom stereocenters. The Balaban J connectivity index is 2.47. The highest BCUT2D eigenvalue weighted by Gasteiger charge is 2.01. The number of rotatable bonds is 1. The summed E-state index contributed by atoms with van der Waals surface area (Å²) in [4.78, 5) is 0. The van der Waals surface area contributed by atoms with Gasteiger partial charge in [0.25, 0.3) is 0 Å². The normalized spacial score (nSPS) is 9.60. The molecule has 0 radical (unpaired) electrons. The second-order valence-corrected chi connectivity index (χ2v) is 4.02. The monoisotopic (exact) mass is 257 g/mol. The predicted molar refractivity (Wildman–Crippen MR) is 64.3 cm³/mol. The largest absolute Gasteiger partial charge is 0.192 e. The quantitative estimate of drug-likeness (QED) is 0.758. The lowest BCUT2D eigenvalue weighted by molar-refractivity contribution is 1.48. The Hall–Kier alpha value is -1.59. The standard InChI is InChI=1S/C13H8BrN/c14-13-4-2-1-3-12(13)11-7-5-10(9-15)6-8-11/h1-8H. The van der Waals surface area contributed by atoms with Crippen LogP contribution in [0.2, 0.25) is 0 Å². The van der Waals surface area contributed by atoms with E-state index in [1.165, 1.54) is 0 Å². The molecule has 0 N–H and O–H groups in total. The van der Waals surface area contributed by atoms with E-state index in [-0.39, 0.29) is 0 Å². The Morgan fingerprint density at radius 1 is 0.933 bits per heavy atom. The molecule has 0 unspecified atom stereocenters. The van der Waals surface area contributed by atoms with Crippen molar-refractivity contribution in [1.82, 2.24) is 0 Å². The molecule has 0 aliphatic carbocycles. The number of nitriles is 1. The lowest BCUT2D eigenvalue weighted by Gasteiger charge is -2.03. The third kappa shape index (κ3) is 2.08. The van der Waals surface area contributed by atoms with Gasteiger partial charge in [0.2, 0.25) is 0 Å². The van der Waals surface area contributed by atoms with E-state index < -0.39 is 0 Å². The minimum atomic E-state index is 0.686. The maximum Gasteiger partial charge on any atom is 0.0991 e. The van der Waals surface area contributed by atoms with E-state index in [0.29, 0.717) is 5.56 Å². The van der Waals surface area contributed by atoms with Crippen LogP contribution < -0.4 is 0 Å². The predicted octanol–water partition coefficient (Wildman–Crippen LogP) is 3.99. The van der Waals surface area contributed by atoms with Crippen LogP contribution in [0.3, 0.4) is 0 Å². The Kier molecular flexibility index (Phi) is 2.84. The van der Waals surface area contributed by atoms with Crippen molar-refractivity contribution in [2.24, 2.45) is 0 Å². The molecule has 0 aromatic heterocycles. The summed E-state index contributed by atoms with van der Waals surface area (Å²) in [5.74, 6) is 0. The van der Waals surface area contributed by atoms with Gasteiger partial charge in [0.1, 0.15) is 0 Å². The van der Waals surface area contributed by atoms with Crippen molar-refractivity contribution in [2.75, 3.05) is 0 Å². The van der Waals surface area contributed by atoms with Crippen LogP contribution in [0.4, 0.5) is 0 Å². The van der Waals surface area contributed by atoms with Crippen molar-refractivity contribution in [3.05, 3.63) is 58.6 Å². The molecular formula is C13H8BrN. The maximum absolute atomic E-state index is 8.69. The summed E-state index contributed by atoms with van der Waals surface area (Å²) in [6.45, 7) is 0. The van der Waals surface area contributed by atoms with Gasteiger partial charge in [-0.05, 0) is 29.3 Å². The maximum atomic E-state index is 8.69. The zero-order chi connectivity index (χ0) is 10.7. The topological polar surface area (TPSA) is 23.8 Å². The first-order chi connectivity index (χ1) is 7.31. The Morgan fingerprint density at radius 2 is 1.60 bits per heavy atom. The molecular weight excluding hydrogens is 250 g/mol. The zero-order valence-corrected chi connectivity index (χ0v) is 9.53. The van der Waals surface area contributed by atoms with Crippen molar-refractivity contribution in [3.63, 3.8) is 0 Å². The fraction of sp³-hybridized carbons (Fsp3) is 0. The van der Waals surface area contributed by atoms with E-state index >= 15 is 0 Å². The third-order valence-corrected chi connectivity index (χ3v) is 2.89. The molecule has 0 aliphatic heterocycles. The van der Waals surface area contributed by atoms with Crippen LogP contribution in [0, 0.1) is 11.3 Å². The van der Waals surface area contributed by atoms with Gasteiger partial charge in [0, 0.05) is 4.47 Å². The first-order valence-electron chi connectivity index (χ1n) is 4.56. The van der Waals surface area contributed by atoms with Crippen molar-refractivity contribution >= 4 is 15.9 Å². The third-order valence-electron chi connectivity index (χ3n) is 2.20. The van der Waals surface area contributed by atoms with Crippen LogP contribution in [-0.4, -0.2) is 0 Å². The summed E-state index contributed by atoms with van der Waals surface area (Å²) >= 11 is 3.50. The molecule has 72 valence electrons. The number of halogens is 1. The van der Waals surface area contributed by atoms with Gasteiger partial charge < -0.3 is 0 Å². The number of benzene rings is 2. The van der Waals surface area contributed by atoms with Crippen molar-refractivity contribution in [2.45, 2.75) is 0 Å². The Morgan fingerprint density at radius 3 is 2.20 bits per heavy atom. The molecule has 0 saturated heterocycles. The van der Waals surface area contributed by atoms with Gasteiger partial charge in [0.05, 0.1) is 11.6 Å². The molecule has 15 heavy (non-hydrogen) atoms. The summed E-state index contributed by atoms with van der Waals surface area (Å²) in [5.41, 5.74) is 2.94. The van der Waals surface area contributed by atoms with Crippen molar-refractivity contribution in [1.29, 1.82) is 5.26 Å². The van der Waals surface area contributed by atoms with Gasteiger partial charge in [0.15, 0.2) is 0 Å². The van der Waals surface area contributed by atoms with Crippen LogP contribution >= 0.6 is 15.9 Å². The van der Waals surface area contributed by atoms with E-state index in [4.69, 9.17) is 5.26 Å². The van der Waals surface area contributed by atoms with E-state index in [2.05, 4.69) is 22.0 Å². The lowest BCUT2D eigenvalue weighted by Crippen LogP contribution is -1.80. The molecule has 0 bridgehead atoms. The summed E-state index contributed by atoms with van der Waals surface area (Å²) in [6.07, 6.45) is 0. The molecule has 2 aromatic rings. The molecule has 0 saturated carbocycles. The minimum absolute atomic E-state index is 0.686. The Bertz CT molecular complexity index is 509. The van der Waals surface area contributed by atoms with Gasteiger partial charge in [-0.15, -0.1) is 0 Å². The second kappa shape index (κ2) is 4.29. The first-order valence-corrected chi connectivity index (χ1v) is 5.35. The average molecular weight is 258 g/mol. The number of hydrogen-bond donors (Lipinski definition) is 0. The van der Waals surface area contributed by atoms with Gasteiger partial charge in [-0.1, -0.05) is 46.3 Å². The summed E-state index contributed by atoms with van der Waals surface area (Å²) in [5, 5.41) is 8.69. The second-order valence-electron chi connectivity index (χ2n) is 3.17. The fourth-order valence-corrected chi connectivity index (χ4v) is 1.93. The van der Waals surface area contributed by atoms with Crippen LogP contribution in [0.15, 0.2) is 53.0 Å². The van der Waals surface area contributed by atoms with Gasteiger partial charge in [-0.2, -0.15) is 5.26 Å². The van der Waals surface area contributed by atoms with Crippen molar-refractivity contribution < 1.29 is 0 Å². The summed E-state index contributed by atoms with van der Waals surface area (Å²) in [7, 11) is 0. The highest BCUT2D eigenvalue weighted by molar-refractivity contribution is 9.10. The fourth-order valence-electron chi connectivity index (χ4n) is 1.42. The van der Waals surface area contributed by atoms with Gasteiger partial charge >= 0.3 is 0 Å². The van der Waals surface area contributed by atoms with Crippen LogP contribution in [0.1, 0.15) is 5.56 Å². The summed E-state index contributed by atoms with van der Waals surface area (Å²) < 4.78 is 1.06. The molecule has 2 heteroatoms. The molecule has 0 aliphatic rings. The smallest absolute Gasteiger partial charge is 0.0991 e. The van der Waals surface area contributed by atoms with Crippen LogP contribution in [0.25, 0.3) is 11.1 Å². The number of nitrogens with zero attached hydrogens (tertiary/aromatic N) is 1. The van der Waals surface area contributed by atoms with Gasteiger partial charge in [-0.3, -0.25) is 0 Å². The molecule has 2 rings (SSSR count). The molecule has 0 fully saturated rings. The van der Waals surface area contributed by atoms with Crippen LogP contribution in [0.5, 0.6) is 0 Å². The molecule has 2 aromatic carbocycles. The first kappa shape index (κ1) is 9.95. The van der Waals surface area contributed by atoms with E-state index in [9.17, 15) is 0 Å². The van der Waals surface area contributed by atoms with Crippen molar-refractivity contribution in [3.8, 4) is 17.2 Å². The van der Waals surface area contributed by atoms with E-state index in [1.807, 2.05) is 48.5 Å². The molecule has 0 spiro atoms. The SMILES string of the molecule is N#Cc1ccc(-c2ccccc2Br)cc1. The van der Waals surface area contributed by atoms with E-state index in [1.54, 1.807) is 0 Å². The summed E-state index contributed by atoms with van der Waals surface area (Å²) in [6, 6.07) is 17.7. The minimum Gasteiger partial charge on any atom is -0.192 e. The molecule has 0 amide bonds. The van der Waals surface area contributed by atoms with Gasteiger partial charge in [-0.25, -0.2) is 0 Å². The highest BCUT2D eigenvalue weighted by Crippen LogP contribution is 2.27.